The summed E-state index contributed by atoms with van der Waals surface area (Å²) in [6.45, 7) is 6.32. The van der Waals surface area contributed by atoms with E-state index in [1.54, 1.807) is 30.3 Å². The van der Waals surface area contributed by atoms with Gasteiger partial charge < -0.3 is 10.0 Å². The summed E-state index contributed by atoms with van der Waals surface area (Å²) in [5.74, 6) is 0. The number of nitrogens with zero attached hydrogens (tertiary/aromatic N) is 2. The van der Waals surface area contributed by atoms with Crippen LogP contribution >= 0.6 is 0 Å². The Morgan fingerprint density at radius 2 is 1.68 bits per heavy atom. The minimum atomic E-state index is -3.77. The molecule has 0 aliphatic carbocycles. The van der Waals surface area contributed by atoms with Crippen LogP contribution in [0, 0.1) is 13.8 Å². The highest BCUT2D eigenvalue weighted by Gasteiger charge is 2.28. The van der Waals surface area contributed by atoms with E-state index in [4.69, 9.17) is 0 Å². The largest absolute Gasteiger partial charge is 0.390 e. The van der Waals surface area contributed by atoms with Crippen LogP contribution in [0.3, 0.4) is 0 Å². The topological polar surface area (TPSA) is 60.9 Å². The standard InChI is InChI=1S/C22H30N2O3S/c1-18-9-11-22(12-10-18)28(26,27)24(20-8-6-7-19(2)15-20)17-21(25)16-23-13-4-3-5-14-23/h6-12,15,21,25H,3-5,13-14,16-17H2,1-2H3/t21-/m0/s1. The molecule has 0 amide bonds. The van der Waals surface area contributed by atoms with Crippen molar-refractivity contribution in [1.29, 1.82) is 0 Å². The molecule has 2 aromatic carbocycles. The van der Waals surface area contributed by atoms with Gasteiger partial charge in [0.25, 0.3) is 10.0 Å². The lowest BCUT2D eigenvalue weighted by atomic mass is 10.1. The van der Waals surface area contributed by atoms with E-state index in [0.29, 0.717) is 12.2 Å². The average molecular weight is 403 g/mol. The average Bonchev–Trinajstić information content (AvgIpc) is 2.67. The number of aryl methyl sites for hydroxylation is 2. The van der Waals surface area contributed by atoms with E-state index in [0.717, 1.165) is 37.1 Å². The first-order valence-electron chi connectivity index (χ1n) is 9.93. The molecule has 152 valence electrons. The maximum absolute atomic E-state index is 13.4. The van der Waals surface area contributed by atoms with Crippen LogP contribution in [-0.4, -0.2) is 50.7 Å². The molecule has 1 saturated heterocycles. The smallest absolute Gasteiger partial charge is 0.264 e. The third-order valence-electron chi connectivity index (χ3n) is 5.19. The molecule has 1 aliphatic heterocycles. The Morgan fingerprint density at radius 1 is 1.00 bits per heavy atom. The van der Waals surface area contributed by atoms with Gasteiger partial charge in [0.15, 0.2) is 0 Å². The number of piperidine rings is 1. The van der Waals surface area contributed by atoms with Crippen molar-refractivity contribution in [3.63, 3.8) is 0 Å². The van der Waals surface area contributed by atoms with Gasteiger partial charge in [-0.1, -0.05) is 36.2 Å². The summed E-state index contributed by atoms with van der Waals surface area (Å²) in [5, 5.41) is 10.7. The number of benzene rings is 2. The quantitative estimate of drug-likeness (QED) is 0.772. The zero-order valence-corrected chi connectivity index (χ0v) is 17.5. The molecule has 3 rings (SSSR count). The predicted molar refractivity (Wildman–Crippen MR) is 113 cm³/mol. The van der Waals surface area contributed by atoms with Crippen molar-refractivity contribution in [2.45, 2.75) is 44.1 Å². The van der Waals surface area contributed by atoms with Gasteiger partial charge in [-0.05, 0) is 69.6 Å². The summed E-state index contributed by atoms with van der Waals surface area (Å²) in [6.07, 6.45) is 2.74. The minimum Gasteiger partial charge on any atom is -0.390 e. The molecule has 0 aromatic heterocycles. The Balaban J connectivity index is 1.87. The maximum atomic E-state index is 13.4. The number of rotatable bonds is 7. The van der Waals surface area contributed by atoms with Crippen molar-refractivity contribution >= 4 is 15.7 Å². The van der Waals surface area contributed by atoms with E-state index in [9.17, 15) is 13.5 Å². The number of aliphatic hydroxyl groups is 1. The first-order chi connectivity index (χ1) is 13.4. The molecule has 1 heterocycles. The van der Waals surface area contributed by atoms with Crippen molar-refractivity contribution in [3.8, 4) is 0 Å². The molecular weight excluding hydrogens is 372 g/mol. The second-order valence-corrected chi connectivity index (χ2v) is 9.57. The third kappa shape index (κ3) is 5.13. The highest BCUT2D eigenvalue weighted by Crippen LogP contribution is 2.25. The summed E-state index contributed by atoms with van der Waals surface area (Å²) in [4.78, 5) is 2.46. The molecular formula is C22H30N2O3S. The maximum Gasteiger partial charge on any atom is 0.264 e. The Labute approximate surface area is 168 Å². The van der Waals surface area contributed by atoms with Crippen LogP contribution in [0.15, 0.2) is 53.4 Å². The van der Waals surface area contributed by atoms with Crippen LogP contribution in [0.25, 0.3) is 0 Å². The number of β-amino-alcohol motifs (C(OH)–C–C–N with tert-alkyl or cyclic N) is 1. The summed E-state index contributed by atoms with van der Waals surface area (Å²) < 4.78 is 28.1. The van der Waals surface area contributed by atoms with Gasteiger partial charge in [-0.2, -0.15) is 0 Å². The highest BCUT2D eigenvalue weighted by atomic mass is 32.2. The van der Waals surface area contributed by atoms with Crippen LogP contribution in [0.1, 0.15) is 30.4 Å². The van der Waals surface area contributed by atoms with E-state index < -0.39 is 16.1 Å². The van der Waals surface area contributed by atoms with Crippen molar-refractivity contribution in [3.05, 3.63) is 59.7 Å². The minimum absolute atomic E-state index is 0.0379. The zero-order valence-electron chi connectivity index (χ0n) is 16.7. The fourth-order valence-corrected chi connectivity index (χ4v) is 5.15. The Morgan fingerprint density at radius 3 is 2.32 bits per heavy atom. The molecule has 0 spiro atoms. The fourth-order valence-electron chi connectivity index (χ4n) is 3.65. The second-order valence-electron chi connectivity index (χ2n) is 7.70. The van der Waals surface area contributed by atoms with E-state index in [1.165, 1.54) is 10.7 Å². The van der Waals surface area contributed by atoms with Crippen LogP contribution in [0.2, 0.25) is 0 Å². The molecule has 6 heteroatoms. The SMILES string of the molecule is Cc1ccc(S(=O)(=O)N(C[C@@H](O)CN2CCCCC2)c2cccc(C)c2)cc1. The van der Waals surface area contributed by atoms with Gasteiger partial charge in [-0.15, -0.1) is 0 Å². The molecule has 1 aliphatic rings. The van der Waals surface area contributed by atoms with Crippen molar-refractivity contribution < 1.29 is 13.5 Å². The Hall–Kier alpha value is -1.89. The number of aliphatic hydroxyl groups excluding tert-OH is 1. The number of likely N-dealkylation sites (tertiary alicyclic amines) is 1. The molecule has 0 radical (unpaired) electrons. The molecule has 1 atom stereocenters. The first-order valence-corrected chi connectivity index (χ1v) is 11.4. The first kappa shape index (κ1) is 20.8. The van der Waals surface area contributed by atoms with Crippen molar-refractivity contribution in [1.82, 2.24) is 4.90 Å². The summed E-state index contributed by atoms with van der Waals surface area (Å²) >= 11 is 0. The number of hydrogen-bond acceptors (Lipinski definition) is 4. The molecule has 0 unspecified atom stereocenters. The van der Waals surface area contributed by atoms with E-state index >= 15 is 0 Å². The van der Waals surface area contributed by atoms with Crippen molar-refractivity contribution in [2.24, 2.45) is 0 Å². The van der Waals surface area contributed by atoms with Gasteiger partial charge in [0.05, 0.1) is 23.2 Å². The lowest BCUT2D eigenvalue weighted by molar-refractivity contribution is 0.107. The fraction of sp³-hybridized carbons (Fsp3) is 0.455. The lowest BCUT2D eigenvalue weighted by Gasteiger charge is -2.32. The molecule has 2 aromatic rings. The summed E-state index contributed by atoms with van der Waals surface area (Å²) in [5.41, 5.74) is 2.57. The summed E-state index contributed by atoms with van der Waals surface area (Å²) in [6, 6.07) is 14.3. The molecule has 28 heavy (non-hydrogen) atoms. The monoisotopic (exact) mass is 402 g/mol. The number of anilines is 1. The van der Waals surface area contributed by atoms with E-state index in [-0.39, 0.29) is 11.4 Å². The highest BCUT2D eigenvalue weighted by molar-refractivity contribution is 7.92. The third-order valence-corrected chi connectivity index (χ3v) is 7.00. The van der Waals surface area contributed by atoms with Crippen LogP contribution in [-0.2, 0) is 10.0 Å². The predicted octanol–water partition coefficient (Wildman–Crippen LogP) is 3.35. The van der Waals surface area contributed by atoms with Crippen LogP contribution in [0.5, 0.6) is 0 Å². The van der Waals surface area contributed by atoms with Crippen LogP contribution in [0.4, 0.5) is 5.69 Å². The van der Waals surface area contributed by atoms with Gasteiger partial charge in [0.1, 0.15) is 0 Å². The lowest BCUT2D eigenvalue weighted by Crippen LogP contribution is -2.44. The van der Waals surface area contributed by atoms with Gasteiger partial charge >= 0.3 is 0 Å². The molecule has 0 saturated carbocycles. The normalized spacial score (nSPS) is 16.7. The van der Waals surface area contributed by atoms with Gasteiger partial charge in [0, 0.05) is 6.54 Å². The van der Waals surface area contributed by atoms with E-state index in [1.807, 2.05) is 32.0 Å². The number of sulfonamides is 1. The van der Waals surface area contributed by atoms with Gasteiger partial charge in [-0.3, -0.25) is 4.31 Å². The Kier molecular flexibility index (Phi) is 6.75. The molecule has 0 bridgehead atoms. The zero-order chi connectivity index (χ0) is 20.1. The number of hydrogen-bond donors (Lipinski definition) is 1. The van der Waals surface area contributed by atoms with Gasteiger partial charge in [-0.25, -0.2) is 8.42 Å². The molecule has 1 fully saturated rings. The second kappa shape index (κ2) is 9.07. The summed E-state index contributed by atoms with van der Waals surface area (Å²) in [7, 11) is -3.77. The molecule has 5 nitrogen and oxygen atoms in total. The van der Waals surface area contributed by atoms with E-state index in [2.05, 4.69) is 4.90 Å². The van der Waals surface area contributed by atoms with Gasteiger partial charge in [0.2, 0.25) is 0 Å². The van der Waals surface area contributed by atoms with Crippen LogP contribution < -0.4 is 4.31 Å². The van der Waals surface area contributed by atoms with Crippen molar-refractivity contribution in [2.75, 3.05) is 30.5 Å². The Bertz CT molecular complexity index is 875. The molecule has 1 N–H and O–H groups in total.